The molecule has 0 heterocycles. The van der Waals surface area contributed by atoms with Gasteiger partial charge in [-0.25, -0.2) is 4.79 Å². The standard InChI is InChI=1S/C46H85NO8/c1-6-8-10-12-14-16-18-20-21-22-23-24-25-27-29-31-33-35-37-44(49)55-42(41-54-46(45(50)51)52-39-38-47(3,4)5)40-53-43(48)36-34-32-30-28-26-19-17-15-13-11-9-7-2/h16,18,21-22,42,46H,6-15,17,19-20,23-41H2,1-5H3/p+1/b18-16-,22-21-. The van der Waals surface area contributed by atoms with Crippen molar-refractivity contribution in [2.24, 2.45) is 0 Å². The van der Waals surface area contributed by atoms with Crippen molar-refractivity contribution in [3.05, 3.63) is 24.3 Å². The fourth-order valence-corrected chi connectivity index (χ4v) is 6.16. The van der Waals surface area contributed by atoms with Crippen LogP contribution in [0, 0.1) is 0 Å². The van der Waals surface area contributed by atoms with Gasteiger partial charge >= 0.3 is 17.9 Å². The minimum absolute atomic E-state index is 0.181. The fourth-order valence-electron chi connectivity index (χ4n) is 6.16. The number of allylic oxidation sites excluding steroid dienone is 4. The Hall–Kier alpha value is -2.23. The predicted molar refractivity (Wildman–Crippen MR) is 226 cm³/mol. The van der Waals surface area contributed by atoms with Crippen molar-refractivity contribution in [3.63, 3.8) is 0 Å². The van der Waals surface area contributed by atoms with Gasteiger partial charge < -0.3 is 28.5 Å². The maximum atomic E-state index is 12.7. The number of carbonyl (C=O) groups excluding carboxylic acids is 2. The summed E-state index contributed by atoms with van der Waals surface area (Å²) in [6.45, 7) is 4.85. The number of likely N-dealkylation sites (N-methyl/N-ethyl adjacent to an activating group) is 1. The van der Waals surface area contributed by atoms with Crippen LogP contribution in [-0.4, -0.2) is 87.4 Å². The Morgan fingerprint density at radius 1 is 0.545 bits per heavy atom. The Labute approximate surface area is 337 Å². The summed E-state index contributed by atoms with van der Waals surface area (Å²) < 4.78 is 22.7. The van der Waals surface area contributed by atoms with E-state index in [0.29, 0.717) is 23.9 Å². The van der Waals surface area contributed by atoms with Gasteiger partial charge in [0.2, 0.25) is 0 Å². The molecule has 0 fully saturated rings. The number of ether oxygens (including phenoxy) is 4. The number of carboxylic acids is 1. The normalized spacial score (nSPS) is 13.1. The summed E-state index contributed by atoms with van der Waals surface area (Å²) in [6.07, 6.45) is 38.0. The molecular formula is C46H86NO8+. The summed E-state index contributed by atoms with van der Waals surface area (Å²) in [5.74, 6) is -2.01. The lowest BCUT2D eigenvalue weighted by Crippen LogP contribution is -2.40. The van der Waals surface area contributed by atoms with Crippen molar-refractivity contribution < 1.29 is 42.9 Å². The molecule has 0 aliphatic heterocycles. The van der Waals surface area contributed by atoms with Crippen LogP contribution in [0.2, 0.25) is 0 Å². The van der Waals surface area contributed by atoms with Gasteiger partial charge in [0, 0.05) is 12.8 Å². The third-order valence-corrected chi connectivity index (χ3v) is 9.71. The molecule has 55 heavy (non-hydrogen) atoms. The largest absolute Gasteiger partial charge is 0.477 e. The van der Waals surface area contributed by atoms with Crippen molar-refractivity contribution in [3.8, 4) is 0 Å². The highest BCUT2D eigenvalue weighted by Gasteiger charge is 2.25. The number of hydrogen-bond donors (Lipinski definition) is 1. The molecule has 2 unspecified atom stereocenters. The van der Waals surface area contributed by atoms with E-state index in [1.165, 1.54) is 109 Å². The highest BCUT2D eigenvalue weighted by molar-refractivity contribution is 5.71. The first kappa shape index (κ1) is 52.8. The number of aliphatic carboxylic acids is 1. The smallest absolute Gasteiger partial charge is 0.361 e. The number of carboxylic acid groups (broad SMARTS) is 1. The summed E-state index contributed by atoms with van der Waals surface area (Å²) in [5.41, 5.74) is 0. The minimum Gasteiger partial charge on any atom is -0.477 e. The Morgan fingerprint density at radius 3 is 1.45 bits per heavy atom. The third kappa shape index (κ3) is 39.8. The molecular weight excluding hydrogens is 695 g/mol. The minimum atomic E-state index is -1.51. The molecule has 0 aliphatic rings. The van der Waals surface area contributed by atoms with Crippen LogP contribution in [0.15, 0.2) is 24.3 Å². The summed E-state index contributed by atoms with van der Waals surface area (Å²) in [7, 11) is 5.95. The maximum absolute atomic E-state index is 12.7. The highest BCUT2D eigenvalue weighted by atomic mass is 16.7. The monoisotopic (exact) mass is 781 g/mol. The molecule has 0 radical (unpaired) electrons. The van der Waals surface area contributed by atoms with Gasteiger partial charge in [0.05, 0.1) is 34.4 Å². The molecule has 1 N–H and O–H groups in total. The number of hydrogen-bond acceptors (Lipinski definition) is 7. The summed E-state index contributed by atoms with van der Waals surface area (Å²) >= 11 is 0. The molecule has 0 aromatic rings. The van der Waals surface area contributed by atoms with Crippen molar-refractivity contribution in [2.75, 3.05) is 47.5 Å². The van der Waals surface area contributed by atoms with Crippen LogP contribution in [0.25, 0.3) is 0 Å². The van der Waals surface area contributed by atoms with Gasteiger partial charge in [-0.05, 0) is 44.9 Å². The number of nitrogens with zero attached hydrogens (tertiary/aromatic N) is 1. The van der Waals surface area contributed by atoms with E-state index in [2.05, 4.69) is 38.2 Å². The van der Waals surface area contributed by atoms with Crippen LogP contribution in [0.5, 0.6) is 0 Å². The van der Waals surface area contributed by atoms with Gasteiger partial charge in [-0.15, -0.1) is 0 Å². The van der Waals surface area contributed by atoms with Gasteiger partial charge in [-0.2, -0.15) is 0 Å². The summed E-state index contributed by atoms with van der Waals surface area (Å²) in [6, 6.07) is 0. The molecule has 0 bridgehead atoms. The van der Waals surface area contributed by atoms with Crippen LogP contribution in [0.4, 0.5) is 0 Å². The van der Waals surface area contributed by atoms with E-state index in [0.717, 1.165) is 51.4 Å². The Balaban J connectivity index is 4.43. The lowest BCUT2D eigenvalue weighted by Gasteiger charge is -2.25. The van der Waals surface area contributed by atoms with E-state index in [9.17, 15) is 19.5 Å². The third-order valence-electron chi connectivity index (χ3n) is 9.71. The molecule has 9 heteroatoms. The van der Waals surface area contributed by atoms with Gasteiger partial charge in [0.15, 0.2) is 6.10 Å². The predicted octanol–water partition coefficient (Wildman–Crippen LogP) is 11.7. The van der Waals surface area contributed by atoms with Crippen LogP contribution in [-0.2, 0) is 33.3 Å². The van der Waals surface area contributed by atoms with Crippen molar-refractivity contribution in [1.29, 1.82) is 0 Å². The SMILES string of the molecule is CCCCCC/C=C\C/C=C\CCCCCCCCCC(=O)OC(COC(=O)CCCCCCCCCCCCCC)COC(OCC[N+](C)(C)C)C(=O)O. The first-order chi connectivity index (χ1) is 26.6. The van der Waals surface area contributed by atoms with Crippen molar-refractivity contribution in [2.45, 2.75) is 206 Å². The number of rotatable bonds is 41. The zero-order chi connectivity index (χ0) is 40.7. The second-order valence-electron chi connectivity index (χ2n) is 16.4. The first-order valence-electron chi connectivity index (χ1n) is 22.5. The van der Waals surface area contributed by atoms with Gasteiger partial charge in [-0.1, -0.05) is 160 Å². The molecule has 2 atom stereocenters. The van der Waals surface area contributed by atoms with Gasteiger partial charge in [0.1, 0.15) is 13.2 Å². The molecule has 0 spiro atoms. The number of carbonyl (C=O) groups is 3. The molecule has 0 amide bonds. The summed E-state index contributed by atoms with van der Waals surface area (Å²) in [5, 5.41) is 9.62. The quantitative estimate of drug-likeness (QED) is 0.0215. The zero-order valence-corrected chi connectivity index (χ0v) is 36.3. The van der Waals surface area contributed by atoms with E-state index >= 15 is 0 Å². The van der Waals surface area contributed by atoms with E-state index < -0.39 is 24.3 Å². The van der Waals surface area contributed by atoms with Crippen molar-refractivity contribution in [1.82, 2.24) is 0 Å². The second-order valence-corrected chi connectivity index (χ2v) is 16.4. The number of esters is 2. The molecule has 0 aliphatic carbocycles. The molecule has 0 aromatic carbocycles. The second kappa shape index (κ2) is 38.6. The number of quaternary nitrogens is 1. The average molecular weight is 781 g/mol. The van der Waals surface area contributed by atoms with Crippen LogP contribution in [0.3, 0.4) is 0 Å². The van der Waals surface area contributed by atoms with E-state index in [-0.39, 0.29) is 32.2 Å². The molecule has 0 aromatic heterocycles. The molecule has 9 nitrogen and oxygen atoms in total. The lowest BCUT2D eigenvalue weighted by atomic mass is 10.0. The molecule has 322 valence electrons. The van der Waals surface area contributed by atoms with E-state index in [1.807, 2.05) is 21.1 Å². The lowest BCUT2D eigenvalue weighted by molar-refractivity contribution is -0.870. The van der Waals surface area contributed by atoms with E-state index in [1.54, 1.807) is 0 Å². The van der Waals surface area contributed by atoms with Crippen LogP contribution in [0.1, 0.15) is 194 Å². The highest BCUT2D eigenvalue weighted by Crippen LogP contribution is 2.14. The molecule has 0 saturated heterocycles. The zero-order valence-electron chi connectivity index (χ0n) is 36.3. The molecule has 0 rings (SSSR count). The topological polar surface area (TPSA) is 108 Å². The Bertz CT molecular complexity index is 960. The Morgan fingerprint density at radius 2 is 0.982 bits per heavy atom. The van der Waals surface area contributed by atoms with Gasteiger partial charge in [-0.3, -0.25) is 9.59 Å². The first-order valence-corrected chi connectivity index (χ1v) is 22.5. The fraction of sp³-hybridized carbons (Fsp3) is 0.848. The van der Waals surface area contributed by atoms with E-state index in [4.69, 9.17) is 18.9 Å². The molecule has 0 saturated carbocycles. The van der Waals surface area contributed by atoms with Crippen molar-refractivity contribution >= 4 is 17.9 Å². The van der Waals surface area contributed by atoms with Gasteiger partial charge in [0.25, 0.3) is 6.29 Å². The number of unbranched alkanes of at least 4 members (excludes halogenated alkanes) is 22. The van der Waals surface area contributed by atoms with Crippen LogP contribution >= 0.6 is 0 Å². The average Bonchev–Trinajstić information content (AvgIpc) is 3.14. The van der Waals surface area contributed by atoms with Crippen LogP contribution < -0.4 is 0 Å². The Kier molecular flexibility index (Phi) is 37.1. The summed E-state index contributed by atoms with van der Waals surface area (Å²) in [4.78, 5) is 37.1. The maximum Gasteiger partial charge on any atom is 0.361 e.